The van der Waals surface area contributed by atoms with E-state index in [2.05, 4.69) is 5.10 Å². The van der Waals surface area contributed by atoms with E-state index in [1.54, 1.807) is 35.9 Å². The van der Waals surface area contributed by atoms with Crippen molar-refractivity contribution in [3.05, 3.63) is 87.7 Å². The molecule has 0 fully saturated rings. The Morgan fingerprint density at radius 3 is 2.70 bits per heavy atom. The molecule has 156 valence electrons. The molecule has 6 heteroatoms. The summed E-state index contributed by atoms with van der Waals surface area (Å²) in [4.78, 5) is 14.3. The topological polar surface area (TPSA) is 47.4 Å². The lowest BCUT2D eigenvalue weighted by Crippen LogP contribution is -2.24. The Labute approximate surface area is 182 Å². The first kappa shape index (κ1) is 21.7. The third-order valence-electron chi connectivity index (χ3n) is 5.01. The number of methoxy groups -OCH3 is 1. The number of aromatic nitrogens is 2. The monoisotopic (exact) mass is 423 g/mol. The standard InChI is InChI=1S/C24H26ClN3O2/c1-17-8-5-6-10-20(17)16-27(3)23(29)13-12-22-18(2)26-28(24(22)25)15-19-9-7-11-21(14-19)30-4/h5-14H,15-16H2,1-4H3/b13-12+. The lowest BCUT2D eigenvalue weighted by Gasteiger charge is -2.16. The van der Waals surface area contributed by atoms with Crippen LogP contribution in [0.5, 0.6) is 5.75 Å². The predicted molar refractivity (Wildman–Crippen MR) is 121 cm³/mol. The fourth-order valence-electron chi connectivity index (χ4n) is 3.21. The van der Waals surface area contributed by atoms with Crippen LogP contribution in [0.3, 0.4) is 0 Å². The number of likely N-dealkylation sites (N-methyl/N-ethyl adjacent to an activating group) is 1. The molecule has 0 saturated heterocycles. The van der Waals surface area contributed by atoms with E-state index in [4.69, 9.17) is 16.3 Å². The van der Waals surface area contributed by atoms with Crippen molar-refractivity contribution in [3.8, 4) is 5.75 Å². The molecule has 0 aliphatic carbocycles. The van der Waals surface area contributed by atoms with Gasteiger partial charge in [0.2, 0.25) is 5.91 Å². The summed E-state index contributed by atoms with van der Waals surface area (Å²) in [5, 5.41) is 5.03. The largest absolute Gasteiger partial charge is 0.497 e. The maximum atomic E-state index is 12.6. The number of hydrogen-bond donors (Lipinski definition) is 0. The van der Waals surface area contributed by atoms with Crippen molar-refractivity contribution >= 4 is 23.6 Å². The van der Waals surface area contributed by atoms with Gasteiger partial charge in [-0.1, -0.05) is 48.0 Å². The SMILES string of the molecule is COc1cccc(Cn2nc(C)c(/C=C/C(=O)N(C)Cc3ccccc3C)c2Cl)c1. The van der Waals surface area contributed by atoms with Gasteiger partial charge in [-0.25, -0.2) is 4.68 Å². The smallest absolute Gasteiger partial charge is 0.246 e. The Balaban J connectivity index is 1.72. The van der Waals surface area contributed by atoms with Crippen molar-refractivity contribution in [2.45, 2.75) is 26.9 Å². The Hall–Kier alpha value is -3.05. The number of amides is 1. The van der Waals surface area contributed by atoms with Crippen molar-refractivity contribution in [1.29, 1.82) is 0 Å². The molecule has 0 aliphatic rings. The number of ether oxygens (including phenoxy) is 1. The van der Waals surface area contributed by atoms with Crippen molar-refractivity contribution in [3.63, 3.8) is 0 Å². The van der Waals surface area contributed by atoms with Crippen molar-refractivity contribution < 1.29 is 9.53 Å². The second kappa shape index (κ2) is 9.63. The van der Waals surface area contributed by atoms with Gasteiger partial charge >= 0.3 is 0 Å². The van der Waals surface area contributed by atoms with Crippen molar-refractivity contribution in [2.75, 3.05) is 14.2 Å². The van der Waals surface area contributed by atoms with Gasteiger partial charge in [-0.2, -0.15) is 5.10 Å². The minimum atomic E-state index is -0.0886. The normalized spacial score (nSPS) is 11.1. The van der Waals surface area contributed by atoms with Crippen LogP contribution in [-0.4, -0.2) is 34.7 Å². The first-order valence-electron chi connectivity index (χ1n) is 9.72. The third kappa shape index (κ3) is 5.10. The lowest BCUT2D eigenvalue weighted by atomic mass is 10.1. The highest BCUT2D eigenvalue weighted by molar-refractivity contribution is 6.31. The molecule has 1 heterocycles. The quantitative estimate of drug-likeness (QED) is 0.509. The van der Waals surface area contributed by atoms with Crippen LogP contribution in [0.1, 0.15) is 27.9 Å². The highest BCUT2D eigenvalue weighted by atomic mass is 35.5. The minimum absolute atomic E-state index is 0.0886. The van der Waals surface area contributed by atoms with Crippen LogP contribution >= 0.6 is 11.6 Å². The molecule has 0 unspecified atom stereocenters. The molecule has 0 saturated carbocycles. The van der Waals surface area contributed by atoms with Gasteiger partial charge < -0.3 is 9.64 Å². The summed E-state index contributed by atoms with van der Waals surface area (Å²) >= 11 is 6.56. The van der Waals surface area contributed by atoms with E-state index in [0.29, 0.717) is 18.2 Å². The average Bonchev–Trinajstić information content (AvgIpc) is 3.00. The van der Waals surface area contributed by atoms with Gasteiger partial charge in [0.05, 0.1) is 19.3 Å². The van der Waals surface area contributed by atoms with Gasteiger partial charge in [-0.05, 0) is 48.7 Å². The average molecular weight is 424 g/mol. The molecule has 5 nitrogen and oxygen atoms in total. The molecule has 1 aromatic heterocycles. The summed E-state index contributed by atoms with van der Waals surface area (Å²) in [5.41, 5.74) is 4.84. The molecule has 0 aliphatic heterocycles. The minimum Gasteiger partial charge on any atom is -0.497 e. The number of halogens is 1. The highest BCUT2D eigenvalue weighted by Gasteiger charge is 2.13. The Morgan fingerprint density at radius 2 is 1.97 bits per heavy atom. The summed E-state index contributed by atoms with van der Waals surface area (Å²) in [5.74, 6) is 0.698. The van der Waals surface area contributed by atoms with Crippen molar-refractivity contribution in [1.82, 2.24) is 14.7 Å². The van der Waals surface area contributed by atoms with Crippen LogP contribution < -0.4 is 4.74 Å². The summed E-state index contributed by atoms with van der Waals surface area (Å²) in [7, 11) is 3.43. The Bertz CT molecular complexity index is 1070. The third-order valence-corrected chi connectivity index (χ3v) is 5.41. The van der Waals surface area contributed by atoms with Gasteiger partial charge in [-0.3, -0.25) is 4.79 Å². The van der Waals surface area contributed by atoms with Gasteiger partial charge in [0, 0.05) is 25.2 Å². The van der Waals surface area contributed by atoms with Gasteiger partial charge in [0.15, 0.2) is 0 Å². The number of carbonyl (C=O) groups excluding carboxylic acids is 1. The molecular formula is C24H26ClN3O2. The van der Waals surface area contributed by atoms with Crippen LogP contribution in [0.25, 0.3) is 6.08 Å². The molecule has 1 amide bonds. The second-order valence-corrected chi connectivity index (χ2v) is 7.61. The molecule has 3 aromatic rings. The summed E-state index contributed by atoms with van der Waals surface area (Å²) in [6.07, 6.45) is 3.29. The summed E-state index contributed by atoms with van der Waals surface area (Å²) in [6, 6.07) is 15.8. The van der Waals surface area contributed by atoms with E-state index in [1.165, 1.54) is 5.56 Å². The number of rotatable bonds is 7. The van der Waals surface area contributed by atoms with Crippen LogP contribution in [0, 0.1) is 13.8 Å². The van der Waals surface area contributed by atoms with Crippen LogP contribution in [0.4, 0.5) is 0 Å². The molecule has 0 bridgehead atoms. The first-order chi connectivity index (χ1) is 14.4. The van der Waals surface area contributed by atoms with E-state index in [1.807, 2.05) is 62.4 Å². The maximum absolute atomic E-state index is 12.6. The molecule has 2 aromatic carbocycles. The van der Waals surface area contributed by atoms with Gasteiger partial charge in [-0.15, -0.1) is 0 Å². The predicted octanol–water partition coefficient (Wildman–Crippen LogP) is 4.88. The second-order valence-electron chi connectivity index (χ2n) is 7.25. The van der Waals surface area contributed by atoms with E-state index in [-0.39, 0.29) is 5.91 Å². The molecule has 0 radical (unpaired) electrons. The van der Waals surface area contributed by atoms with E-state index in [0.717, 1.165) is 28.1 Å². The van der Waals surface area contributed by atoms with Crippen molar-refractivity contribution in [2.24, 2.45) is 0 Å². The number of nitrogens with zero attached hydrogens (tertiary/aromatic N) is 3. The van der Waals surface area contributed by atoms with Crippen LogP contribution in [0.15, 0.2) is 54.6 Å². The van der Waals surface area contributed by atoms with Gasteiger partial charge in [0.25, 0.3) is 0 Å². The first-order valence-corrected chi connectivity index (χ1v) is 10.1. The number of aryl methyl sites for hydroxylation is 2. The zero-order chi connectivity index (χ0) is 21.7. The zero-order valence-corrected chi connectivity index (χ0v) is 18.5. The van der Waals surface area contributed by atoms with Gasteiger partial charge in [0.1, 0.15) is 10.9 Å². The van der Waals surface area contributed by atoms with E-state index < -0.39 is 0 Å². The maximum Gasteiger partial charge on any atom is 0.246 e. The molecule has 0 atom stereocenters. The fourth-order valence-corrected chi connectivity index (χ4v) is 3.51. The molecule has 0 spiro atoms. The molecular weight excluding hydrogens is 398 g/mol. The summed E-state index contributed by atoms with van der Waals surface area (Å²) in [6.45, 7) is 5.00. The van der Waals surface area contributed by atoms with E-state index >= 15 is 0 Å². The molecule has 0 N–H and O–H groups in total. The van der Waals surface area contributed by atoms with Crippen LogP contribution in [-0.2, 0) is 17.9 Å². The lowest BCUT2D eigenvalue weighted by molar-refractivity contribution is -0.125. The molecule has 30 heavy (non-hydrogen) atoms. The Kier molecular flexibility index (Phi) is 6.95. The Morgan fingerprint density at radius 1 is 1.20 bits per heavy atom. The summed E-state index contributed by atoms with van der Waals surface area (Å²) < 4.78 is 7.00. The fraction of sp³-hybridized carbons (Fsp3) is 0.250. The number of hydrogen-bond acceptors (Lipinski definition) is 3. The zero-order valence-electron chi connectivity index (χ0n) is 17.7. The van der Waals surface area contributed by atoms with E-state index in [9.17, 15) is 4.79 Å². The molecule has 3 rings (SSSR count). The number of carbonyl (C=O) groups is 1. The van der Waals surface area contributed by atoms with Crippen LogP contribution in [0.2, 0.25) is 5.15 Å². The highest BCUT2D eigenvalue weighted by Crippen LogP contribution is 2.23. The number of benzene rings is 2.